The first-order valence-corrected chi connectivity index (χ1v) is 8.56. The van der Waals surface area contributed by atoms with Crippen LogP contribution in [-0.4, -0.2) is 18.7 Å². The number of hydrogen-bond acceptors (Lipinski definition) is 4. The van der Waals surface area contributed by atoms with E-state index in [1.54, 1.807) is 13.0 Å². The molecule has 3 aromatic rings. The first kappa shape index (κ1) is 16.3. The Morgan fingerprint density at radius 1 is 1.12 bits per heavy atom. The number of nitriles is 1. The molecule has 0 radical (unpaired) electrons. The normalized spacial score (nSPS) is 18.3. The van der Waals surface area contributed by atoms with E-state index in [1.807, 2.05) is 30.3 Å². The number of rotatable bonds is 4. The van der Waals surface area contributed by atoms with Crippen molar-refractivity contribution in [1.82, 2.24) is 0 Å². The molecular weight excluding hydrogens is 326 g/mol. The van der Waals surface area contributed by atoms with Crippen LogP contribution in [0.2, 0.25) is 0 Å². The van der Waals surface area contributed by atoms with Gasteiger partial charge < -0.3 is 9.47 Å². The van der Waals surface area contributed by atoms with Gasteiger partial charge in [0.1, 0.15) is 6.10 Å². The van der Waals surface area contributed by atoms with Crippen LogP contribution in [0.5, 0.6) is 0 Å². The third-order valence-electron chi connectivity index (χ3n) is 4.56. The summed E-state index contributed by atoms with van der Waals surface area (Å²) in [6.07, 6.45) is -0.898. The summed E-state index contributed by atoms with van der Waals surface area (Å²) in [5.41, 5.74) is 3.38. The summed E-state index contributed by atoms with van der Waals surface area (Å²) in [7, 11) is 0. The predicted molar refractivity (Wildman–Crippen MR) is 98.3 cm³/mol. The van der Waals surface area contributed by atoms with E-state index in [0.717, 1.165) is 27.5 Å². The number of ether oxygens (including phenoxy) is 2. The summed E-state index contributed by atoms with van der Waals surface area (Å²) < 4.78 is 10.6. The van der Waals surface area contributed by atoms with Crippen LogP contribution in [0, 0.1) is 11.3 Å². The maximum Gasteiger partial charge on any atom is 0.338 e. The minimum absolute atomic E-state index is 0.330. The van der Waals surface area contributed by atoms with E-state index in [4.69, 9.17) is 9.47 Å². The number of benzene rings is 3. The second-order valence-electron chi connectivity index (χ2n) is 6.21. The first-order valence-electron chi connectivity index (χ1n) is 8.56. The Bertz CT molecular complexity index is 1030. The molecule has 4 rings (SSSR count). The lowest BCUT2D eigenvalue weighted by Crippen LogP contribution is -2.12. The van der Waals surface area contributed by atoms with Gasteiger partial charge in [0, 0.05) is 0 Å². The first-order chi connectivity index (χ1) is 12.7. The second-order valence-corrected chi connectivity index (χ2v) is 6.21. The van der Waals surface area contributed by atoms with Crippen LogP contribution < -0.4 is 0 Å². The third-order valence-corrected chi connectivity index (χ3v) is 4.56. The predicted octanol–water partition coefficient (Wildman–Crippen LogP) is 4.38. The lowest BCUT2D eigenvalue weighted by atomic mass is 9.93. The Morgan fingerprint density at radius 2 is 1.92 bits per heavy atom. The zero-order chi connectivity index (χ0) is 18.1. The van der Waals surface area contributed by atoms with Crippen LogP contribution in [0.3, 0.4) is 0 Å². The highest BCUT2D eigenvalue weighted by Crippen LogP contribution is 2.44. The van der Waals surface area contributed by atoms with Gasteiger partial charge in [0.05, 0.1) is 18.2 Å². The molecule has 0 aliphatic carbocycles. The number of nitrogens with zero attached hydrogens (tertiary/aromatic N) is 1. The Labute approximate surface area is 151 Å². The molecule has 0 saturated carbocycles. The second kappa shape index (κ2) is 6.62. The number of esters is 1. The van der Waals surface area contributed by atoms with Crippen molar-refractivity contribution in [3.8, 4) is 17.2 Å². The Balaban J connectivity index is 1.77. The van der Waals surface area contributed by atoms with Gasteiger partial charge >= 0.3 is 5.97 Å². The molecule has 3 aromatic carbocycles. The molecule has 2 unspecified atom stereocenters. The summed E-state index contributed by atoms with van der Waals surface area (Å²) in [6.45, 7) is 2.10. The van der Waals surface area contributed by atoms with Crippen LogP contribution in [0.4, 0.5) is 0 Å². The van der Waals surface area contributed by atoms with Gasteiger partial charge in [-0.3, -0.25) is 0 Å². The monoisotopic (exact) mass is 343 g/mol. The van der Waals surface area contributed by atoms with Crippen LogP contribution in [0.1, 0.15) is 24.2 Å². The lowest BCUT2D eigenvalue weighted by Gasteiger charge is -2.10. The fraction of sp³-hybridized carbons (Fsp3) is 0.182. The van der Waals surface area contributed by atoms with E-state index in [-0.39, 0.29) is 12.1 Å². The lowest BCUT2D eigenvalue weighted by molar-refractivity contribution is -0.144. The van der Waals surface area contributed by atoms with Crippen molar-refractivity contribution in [2.24, 2.45) is 0 Å². The molecule has 4 heteroatoms. The molecule has 0 spiro atoms. The Kier molecular flexibility index (Phi) is 4.16. The highest BCUT2D eigenvalue weighted by Gasteiger charge is 2.48. The topological polar surface area (TPSA) is 62.6 Å². The molecular formula is C22H17NO3. The van der Waals surface area contributed by atoms with Crippen molar-refractivity contribution >= 4 is 16.7 Å². The molecule has 26 heavy (non-hydrogen) atoms. The van der Waals surface area contributed by atoms with E-state index >= 15 is 0 Å². The smallest absolute Gasteiger partial charge is 0.338 e. The average molecular weight is 343 g/mol. The number of hydrogen-bond donors (Lipinski definition) is 0. The standard InChI is InChI=1S/C22H17NO3/c1-2-25-22(24)21-20(26-21)18-10-7-14(13-23)11-19(18)17-9-8-15-5-3-4-6-16(15)12-17/h3-12,20-21H,2H2,1H3. The minimum Gasteiger partial charge on any atom is -0.464 e. The zero-order valence-electron chi connectivity index (χ0n) is 14.3. The van der Waals surface area contributed by atoms with Crippen molar-refractivity contribution in [2.75, 3.05) is 6.61 Å². The zero-order valence-corrected chi connectivity index (χ0v) is 14.3. The van der Waals surface area contributed by atoms with Crippen molar-refractivity contribution in [3.63, 3.8) is 0 Å². The fourth-order valence-corrected chi connectivity index (χ4v) is 3.23. The number of carbonyl (C=O) groups is 1. The number of carbonyl (C=O) groups excluding carboxylic acids is 1. The summed E-state index contributed by atoms with van der Waals surface area (Å²) in [5.74, 6) is -0.341. The number of fused-ring (bicyclic) bond motifs is 1. The molecule has 1 aliphatic heterocycles. The summed E-state index contributed by atoms with van der Waals surface area (Å²) in [5, 5.41) is 11.6. The molecule has 128 valence electrons. The molecule has 0 amide bonds. The Hall–Kier alpha value is -3.16. The number of epoxide rings is 1. The van der Waals surface area contributed by atoms with Crippen molar-refractivity contribution < 1.29 is 14.3 Å². The van der Waals surface area contributed by atoms with Crippen LogP contribution in [0.25, 0.3) is 21.9 Å². The van der Waals surface area contributed by atoms with Crippen molar-refractivity contribution in [3.05, 3.63) is 71.8 Å². The summed E-state index contributed by atoms with van der Waals surface area (Å²) in [6, 6.07) is 22.0. The largest absolute Gasteiger partial charge is 0.464 e. The average Bonchev–Trinajstić information content (AvgIpc) is 3.48. The van der Waals surface area contributed by atoms with Gasteiger partial charge in [-0.2, -0.15) is 5.26 Å². The SMILES string of the molecule is CCOC(=O)C1OC1c1ccc(C#N)cc1-c1ccc2ccccc2c1. The van der Waals surface area contributed by atoms with Crippen LogP contribution in [0.15, 0.2) is 60.7 Å². The van der Waals surface area contributed by atoms with E-state index in [1.165, 1.54) is 0 Å². The fourth-order valence-electron chi connectivity index (χ4n) is 3.23. The molecule has 0 N–H and O–H groups in total. The maximum absolute atomic E-state index is 11.9. The molecule has 1 aliphatic rings. The molecule has 1 saturated heterocycles. The van der Waals surface area contributed by atoms with E-state index in [9.17, 15) is 10.1 Å². The minimum atomic E-state index is -0.568. The van der Waals surface area contributed by atoms with E-state index in [2.05, 4.69) is 30.3 Å². The van der Waals surface area contributed by atoms with Crippen molar-refractivity contribution in [1.29, 1.82) is 5.26 Å². The quantitative estimate of drug-likeness (QED) is 0.521. The van der Waals surface area contributed by atoms with E-state index in [0.29, 0.717) is 12.2 Å². The molecule has 1 heterocycles. The van der Waals surface area contributed by atoms with Crippen molar-refractivity contribution in [2.45, 2.75) is 19.1 Å². The van der Waals surface area contributed by atoms with E-state index < -0.39 is 6.10 Å². The van der Waals surface area contributed by atoms with Gasteiger partial charge in [0.15, 0.2) is 6.10 Å². The Morgan fingerprint density at radius 3 is 2.69 bits per heavy atom. The van der Waals surface area contributed by atoms with Gasteiger partial charge in [0.2, 0.25) is 0 Å². The van der Waals surface area contributed by atoms with Gasteiger partial charge in [-0.15, -0.1) is 0 Å². The molecule has 0 bridgehead atoms. The van der Waals surface area contributed by atoms with Crippen LogP contribution in [-0.2, 0) is 14.3 Å². The highest BCUT2D eigenvalue weighted by molar-refractivity contribution is 5.88. The molecule has 2 atom stereocenters. The molecule has 1 fully saturated rings. The molecule has 0 aromatic heterocycles. The van der Waals surface area contributed by atoms with Gasteiger partial charge in [-0.25, -0.2) is 4.79 Å². The molecule has 4 nitrogen and oxygen atoms in total. The third kappa shape index (κ3) is 2.94. The summed E-state index contributed by atoms with van der Waals surface area (Å²) >= 11 is 0. The van der Waals surface area contributed by atoms with Gasteiger partial charge in [0.25, 0.3) is 0 Å². The maximum atomic E-state index is 11.9. The van der Waals surface area contributed by atoms with Gasteiger partial charge in [-0.05, 0) is 52.6 Å². The summed E-state index contributed by atoms with van der Waals surface area (Å²) in [4.78, 5) is 11.9. The van der Waals surface area contributed by atoms with Gasteiger partial charge in [-0.1, -0.05) is 42.5 Å². The highest BCUT2D eigenvalue weighted by atomic mass is 16.6. The van der Waals surface area contributed by atoms with Crippen LogP contribution >= 0.6 is 0 Å².